The molecule has 1 atom stereocenters. The number of aromatic nitrogens is 5. The number of ketones is 1. The van der Waals surface area contributed by atoms with E-state index in [0.717, 1.165) is 23.5 Å². The van der Waals surface area contributed by atoms with E-state index >= 15 is 0 Å². The number of rotatable bonds is 10. The molecule has 2 heterocycles. The van der Waals surface area contributed by atoms with Gasteiger partial charge in [0.25, 0.3) is 0 Å². The minimum Gasteiger partial charge on any atom is -0.406 e. The van der Waals surface area contributed by atoms with Crippen LogP contribution in [0.5, 0.6) is 5.75 Å². The second-order valence-corrected chi connectivity index (χ2v) is 8.00. The van der Waals surface area contributed by atoms with Crippen molar-refractivity contribution in [3.8, 4) is 5.75 Å². The molecule has 0 aliphatic rings. The van der Waals surface area contributed by atoms with Crippen LogP contribution >= 0.6 is 11.3 Å². The van der Waals surface area contributed by atoms with Crippen molar-refractivity contribution in [2.45, 2.75) is 45.3 Å². The summed E-state index contributed by atoms with van der Waals surface area (Å²) in [4.78, 5) is 23.4. The molecule has 2 aromatic heterocycles. The molecule has 0 spiro atoms. The van der Waals surface area contributed by atoms with Crippen LogP contribution in [0.3, 0.4) is 0 Å². The zero-order chi connectivity index (χ0) is 24.0. The van der Waals surface area contributed by atoms with Crippen LogP contribution in [-0.2, 0) is 24.2 Å². The maximum Gasteiger partial charge on any atom is 0.573 e. The molecule has 176 valence electrons. The number of alkyl halides is 4. The molecular weight excluding hydrogens is 468 g/mol. The molecule has 0 radical (unpaired) electrons. The third-order valence-electron chi connectivity index (χ3n) is 4.17. The topological polar surface area (TPSA) is 112 Å². The third-order valence-corrected chi connectivity index (χ3v) is 5.06. The SMILES string of the molecule is CC(=O)c1cn(CC(F)CCc2nnc(NC(=O)Cc3cccc(OC(F)(F)F)c3)s2)nn1. The fraction of sp³-hybridized carbons (Fsp3) is 0.368. The van der Waals surface area contributed by atoms with Gasteiger partial charge >= 0.3 is 6.36 Å². The van der Waals surface area contributed by atoms with E-state index in [9.17, 15) is 27.2 Å². The normalized spacial score (nSPS) is 12.4. The molecule has 0 aliphatic carbocycles. The van der Waals surface area contributed by atoms with Gasteiger partial charge in [0.05, 0.1) is 19.2 Å². The van der Waals surface area contributed by atoms with Crippen LogP contribution in [-0.4, -0.2) is 49.4 Å². The molecule has 1 amide bonds. The summed E-state index contributed by atoms with van der Waals surface area (Å²) in [6.07, 6.45) is -4.53. The summed E-state index contributed by atoms with van der Waals surface area (Å²) >= 11 is 1.07. The molecule has 0 bridgehead atoms. The predicted molar refractivity (Wildman–Crippen MR) is 109 cm³/mol. The molecule has 0 saturated carbocycles. The lowest BCUT2D eigenvalue weighted by molar-refractivity contribution is -0.274. The maximum absolute atomic E-state index is 14.2. The number of aryl methyl sites for hydroxylation is 1. The predicted octanol–water partition coefficient (Wildman–Crippen LogP) is 3.38. The quantitative estimate of drug-likeness (QED) is 0.345. The Labute approximate surface area is 188 Å². The summed E-state index contributed by atoms with van der Waals surface area (Å²) in [6.45, 7) is 1.27. The molecule has 0 fully saturated rings. The average Bonchev–Trinajstić information content (AvgIpc) is 3.35. The smallest absolute Gasteiger partial charge is 0.406 e. The Kier molecular flexibility index (Phi) is 7.68. The van der Waals surface area contributed by atoms with Gasteiger partial charge in [0.2, 0.25) is 11.0 Å². The van der Waals surface area contributed by atoms with Gasteiger partial charge in [0.1, 0.15) is 22.6 Å². The fourth-order valence-electron chi connectivity index (χ4n) is 2.73. The van der Waals surface area contributed by atoms with E-state index in [2.05, 4.69) is 30.6 Å². The van der Waals surface area contributed by atoms with E-state index < -0.39 is 24.2 Å². The number of carbonyl (C=O) groups is 2. The van der Waals surface area contributed by atoms with Crippen molar-refractivity contribution in [3.63, 3.8) is 0 Å². The summed E-state index contributed by atoms with van der Waals surface area (Å²) < 4.78 is 56.3. The van der Waals surface area contributed by atoms with Crippen molar-refractivity contribution in [2.75, 3.05) is 5.32 Å². The summed E-state index contributed by atoms with van der Waals surface area (Å²) in [5, 5.41) is 18.3. The van der Waals surface area contributed by atoms with E-state index in [-0.39, 0.29) is 42.4 Å². The number of anilines is 1. The number of benzene rings is 1. The van der Waals surface area contributed by atoms with Gasteiger partial charge < -0.3 is 10.1 Å². The lowest BCUT2D eigenvalue weighted by Gasteiger charge is -2.09. The Bertz CT molecular complexity index is 1120. The van der Waals surface area contributed by atoms with E-state index in [4.69, 9.17) is 0 Å². The highest BCUT2D eigenvalue weighted by atomic mass is 32.1. The maximum atomic E-state index is 14.2. The van der Waals surface area contributed by atoms with E-state index in [1.807, 2.05) is 0 Å². The molecule has 9 nitrogen and oxygen atoms in total. The summed E-state index contributed by atoms with van der Waals surface area (Å²) in [5.41, 5.74) is 0.478. The van der Waals surface area contributed by atoms with Crippen LogP contribution in [0.2, 0.25) is 0 Å². The van der Waals surface area contributed by atoms with Crippen molar-refractivity contribution in [1.29, 1.82) is 0 Å². The summed E-state index contributed by atoms with van der Waals surface area (Å²) in [7, 11) is 0. The average molecular weight is 486 g/mol. The first-order valence-corrected chi connectivity index (χ1v) is 10.4. The Hall–Kier alpha value is -3.42. The third kappa shape index (κ3) is 7.89. The summed E-state index contributed by atoms with van der Waals surface area (Å²) in [6, 6.07) is 5.09. The molecule has 1 unspecified atom stereocenters. The highest BCUT2D eigenvalue weighted by Crippen LogP contribution is 2.24. The van der Waals surface area contributed by atoms with Gasteiger partial charge in [-0.25, -0.2) is 9.07 Å². The zero-order valence-electron chi connectivity index (χ0n) is 17.2. The monoisotopic (exact) mass is 486 g/mol. The number of hydrogen-bond donors (Lipinski definition) is 1. The number of nitrogens with one attached hydrogen (secondary N) is 1. The van der Waals surface area contributed by atoms with Crippen LogP contribution in [0.15, 0.2) is 30.5 Å². The van der Waals surface area contributed by atoms with Gasteiger partial charge in [-0.05, 0) is 24.1 Å². The largest absolute Gasteiger partial charge is 0.573 e. The molecule has 33 heavy (non-hydrogen) atoms. The van der Waals surface area contributed by atoms with Gasteiger partial charge in [0.15, 0.2) is 5.78 Å². The van der Waals surface area contributed by atoms with Crippen LogP contribution < -0.4 is 10.1 Å². The van der Waals surface area contributed by atoms with Crippen molar-refractivity contribution < 1.29 is 31.9 Å². The van der Waals surface area contributed by atoms with Crippen molar-refractivity contribution in [3.05, 3.63) is 46.7 Å². The van der Waals surface area contributed by atoms with Gasteiger partial charge in [-0.3, -0.25) is 9.59 Å². The van der Waals surface area contributed by atoms with Crippen molar-refractivity contribution >= 4 is 28.2 Å². The van der Waals surface area contributed by atoms with E-state index in [1.165, 1.54) is 29.9 Å². The lowest BCUT2D eigenvalue weighted by atomic mass is 10.1. The first kappa shape index (κ1) is 24.2. The molecule has 3 aromatic rings. The van der Waals surface area contributed by atoms with Crippen molar-refractivity contribution in [2.24, 2.45) is 0 Å². The zero-order valence-corrected chi connectivity index (χ0v) is 18.0. The fourth-order valence-corrected chi connectivity index (χ4v) is 3.50. The minimum absolute atomic E-state index is 0.0696. The van der Waals surface area contributed by atoms with Gasteiger partial charge in [0, 0.05) is 13.3 Å². The Morgan fingerprint density at radius 1 is 1.24 bits per heavy atom. The minimum atomic E-state index is -4.82. The Morgan fingerprint density at radius 2 is 2.03 bits per heavy atom. The molecule has 0 aliphatic heterocycles. The molecule has 0 saturated heterocycles. The van der Waals surface area contributed by atoms with Gasteiger partial charge in [-0.1, -0.05) is 28.7 Å². The lowest BCUT2D eigenvalue weighted by Crippen LogP contribution is -2.17. The van der Waals surface area contributed by atoms with Crippen LogP contribution in [0.1, 0.15) is 34.4 Å². The Morgan fingerprint density at radius 3 is 2.73 bits per heavy atom. The number of Topliss-reactive ketones (excluding diaryl/α,β-unsaturated/α-hetero) is 1. The standard InChI is InChI=1S/C19H18F4N6O3S/c1-11(30)15-10-29(28-25-15)9-13(20)5-6-17-26-27-18(33-17)24-16(31)8-12-3-2-4-14(7-12)32-19(21,22)23/h2-4,7,10,13H,5-6,8-9H2,1H3,(H,24,27,31). The first-order chi connectivity index (χ1) is 15.6. The van der Waals surface area contributed by atoms with Crippen LogP contribution in [0.25, 0.3) is 0 Å². The second kappa shape index (κ2) is 10.5. The van der Waals surface area contributed by atoms with E-state index in [1.54, 1.807) is 0 Å². The number of nitrogens with zero attached hydrogens (tertiary/aromatic N) is 5. The molecule has 3 rings (SSSR count). The molecule has 1 aromatic carbocycles. The number of amides is 1. The van der Waals surface area contributed by atoms with Crippen molar-refractivity contribution in [1.82, 2.24) is 25.2 Å². The highest BCUT2D eigenvalue weighted by Gasteiger charge is 2.31. The summed E-state index contributed by atoms with van der Waals surface area (Å²) in [5.74, 6) is -1.18. The van der Waals surface area contributed by atoms with Gasteiger partial charge in [-0.2, -0.15) is 0 Å². The molecule has 1 N–H and O–H groups in total. The molecule has 14 heteroatoms. The first-order valence-electron chi connectivity index (χ1n) is 9.59. The second-order valence-electron chi connectivity index (χ2n) is 6.94. The highest BCUT2D eigenvalue weighted by molar-refractivity contribution is 7.15. The number of ether oxygens (including phenoxy) is 1. The van der Waals surface area contributed by atoms with Crippen LogP contribution in [0, 0.1) is 0 Å². The molecular formula is C19H18F4N6O3S. The number of halogens is 4. The number of carbonyl (C=O) groups excluding carboxylic acids is 2. The van der Waals surface area contributed by atoms with Gasteiger partial charge in [-0.15, -0.1) is 28.5 Å². The van der Waals surface area contributed by atoms with Crippen LogP contribution in [0.4, 0.5) is 22.7 Å². The number of hydrogen-bond acceptors (Lipinski definition) is 8. The van der Waals surface area contributed by atoms with E-state index in [0.29, 0.717) is 10.6 Å². The Balaban J connectivity index is 1.46.